The molecule has 0 saturated heterocycles. The van der Waals surface area contributed by atoms with E-state index >= 15 is 0 Å². The van der Waals surface area contributed by atoms with Gasteiger partial charge < -0.3 is 19.3 Å². The van der Waals surface area contributed by atoms with Crippen molar-refractivity contribution in [2.75, 3.05) is 13.9 Å². The first-order valence-electron chi connectivity index (χ1n) is 11.9. The van der Waals surface area contributed by atoms with Gasteiger partial charge in [0.25, 0.3) is 0 Å². The maximum Gasteiger partial charge on any atom is 0.338 e. The van der Waals surface area contributed by atoms with E-state index in [9.17, 15) is 9.90 Å². The molecule has 0 spiro atoms. The van der Waals surface area contributed by atoms with Gasteiger partial charge in [0, 0.05) is 13.0 Å². The van der Waals surface area contributed by atoms with Crippen LogP contribution in [0.4, 0.5) is 0 Å². The lowest BCUT2D eigenvalue weighted by atomic mass is 9.61. The molecule has 6 atom stereocenters. The number of carbonyl (C=O) groups excluding carboxylic acids is 1. The van der Waals surface area contributed by atoms with Crippen molar-refractivity contribution in [3.8, 4) is 0 Å². The minimum absolute atomic E-state index is 0.0484. The first-order chi connectivity index (χ1) is 15.2. The number of rotatable bonds is 9. The third-order valence-electron chi connectivity index (χ3n) is 7.82. The van der Waals surface area contributed by atoms with Crippen LogP contribution in [0.1, 0.15) is 70.2 Å². The Morgan fingerprint density at radius 3 is 2.66 bits per heavy atom. The second kappa shape index (κ2) is 10.5. The maximum absolute atomic E-state index is 12.7. The molecule has 2 saturated carbocycles. The third-order valence-corrected chi connectivity index (χ3v) is 7.82. The molecule has 178 valence electrons. The quantitative estimate of drug-likeness (QED) is 0.315. The largest absolute Gasteiger partial charge is 0.458 e. The van der Waals surface area contributed by atoms with Crippen LogP contribution in [0.15, 0.2) is 42.5 Å². The average molecular weight is 445 g/mol. The number of aliphatic hydroxyl groups is 1. The predicted molar refractivity (Wildman–Crippen MR) is 125 cm³/mol. The maximum atomic E-state index is 12.7. The predicted octanol–water partition coefficient (Wildman–Crippen LogP) is 5.38. The lowest BCUT2D eigenvalue weighted by molar-refractivity contribution is -0.0924. The van der Waals surface area contributed by atoms with E-state index in [0.717, 1.165) is 32.1 Å². The van der Waals surface area contributed by atoms with E-state index in [1.807, 2.05) is 56.3 Å². The fourth-order valence-electron chi connectivity index (χ4n) is 5.95. The van der Waals surface area contributed by atoms with Crippen molar-refractivity contribution >= 4 is 5.97 Å². The van der Waals surface area contributed by atoms with Crippen molar-refractivity contribution in [1.82, 2.24) is 0 Å². The summed E-state index contributed by atoms with van der Waals surface area (Å²) in [6.07, 6.45) is 8.37. The van der Waals surface area contributed by atoms with Crippen LogP contribution in [-0.4, -0.2) is 42.8 Å². The Hall–Kier alpha value is -1.69. The topological polar surface area (TPSA) is 65.0 Å². The summed E-state index contributed by atoms with van der Waals surface area (Å²) in [7, 11) is 1.60. The number of esters is 1. The zero-order valence-electron chi connectivity index (χ0n) is 20.3. The highest BCUT2D eigenvalue weighted by molar-refractivity contribution is 5.89. The molecule has 0 radical (unpaired) electrons. The molecule has 1 aromatic rings. The van der Waals surface area contributed by atoms with Gasteiger partial charge in [0.2, 0.25) is 0 Å². The third kappa shape index (κ3) is 5.62. The van der Waals surface area contributed by atoms with Gasteiger partial charge in [-0.25, -0.2) is 4.79 Å². The highest BCUT2D eigenvalue weighted by atomic mass is 16.7. The average Bonchev–Trinajstić information content (AvgIpc) is 3.14. The molecule has 2 aliphatic carbocycles. The van der Waals surface area contributed by atoms with Crippen molar-refractivity contribution in [2.45, 2.75) is 77.6 Å². The van der Waals surface area contributed by atoms with Crippen molar-refractivity contribution in [3.05, 3.63) is 48.0 Å². The van der Waals surface area contributed by atoms with Crippen molar-refractivity contribution in [1.29, 1.82) is 0 Å². The molecule has 1 N–H and O–H groups in total. The summed E-state index contributed by atoms with van der Waals surface area (Å²) in [6, 6.07) is 9.26. The molecule has 5 heteroatoms. The summed E-state index contributed by atoms with van der Waals surface area (Å²) in [5, 5.41) is 11.0. The smallest absolute Gasteiger partial charge is 0.338 e. The van der Waals surface area contributed by atoms with Crippen LogP contribution in [0.5, 0.6) is 0 Å². The van der Waals surface area contributed by atoms with Crippen LogP contribution < -0.4 is 0 Å². The van der Waals surface area contributed by atoms with Gasteiger partial charge in [0.1, 0.15) is 12.9 Å². The number of aliphatic hydroxyl groups excluding tert-OH is 1. The zero-order chi connectivity index (χ0) is 23.4. The van der Waals surface area contributed by atoms with Crippen LogP contribution in [0.2, 0.25) is 0 Å². The molecule has 2 aliphatic rings. The van der Waals surface area contributed by atoms with Crippen molar-refractivity contribution < 1.29 is 24.1 Å². The van der Waals surface area contributed by atoms with Gasteiger partial charge in [-0.15, -0.1) is 0 Å². The lowest BCUT2D eigenvalue weighted by Crippen LogP contribution is -2.44. The standard InChI is InChI=1S/C27H40O5/c1-19(23(28)15-17-26(2,3)31-18-30-5)21-13-14-22-24(12-9-16-27(21,22)4)32-25(29)20-10-7-6-8-11-20/h6-8,10-11,15,17,19,21-24,28H,9,12-14,16,18H2,1-5H3/b17-15-/t19-,21-,22-,23-,24-,27+/m0/s1. The molecule has 1 aromatic carbocycles. The number of methoxy groups -OCH3 is 1. The monoisotopic (exact) mass is 444 g/mol. The molecule has 0 heterocycles. The van der Waals surface area contributed by atoms with E-state index in [1.54, 1.807) is 7.11 Å². The number of hydrogen-bond donors (Lipinski definition) is 1. The molecular formula is C27H40O5. The minimum atomic E-state index is -0.548. The Kier molecular flexibility index (Phi) is 8.18. The second-order valence-electron chi connectivity index (χ2n) is 10.4. The Labute approximate surface area is 193 Å². The number of carbonyl (C=O) groups is 1. The Balaban J connectivity index is 1.66. The molecular weight excluding hydrogens is 404 g/mol. The lowest BCUT2D eigenvalue weighted by Gasteiger charge is -2.46. The molecule has 5 nitrogen and oxygen atoms in total. The Morgan fingerprint density at radius 2 is 1.97 bits per heavy atom. The summed E-state index contributed by atoms with van der Waals surface area (Å²) in [5.41, 5.74) is 0.179. The van der Waals surface area contributed by atoms with Gasteiger partial charge >= 0.3 is 5.97 Å². The molecule has 0 aliphatic heterocycles. The van der Waals surface area contributed by atoms with Crippen LogP contribution in [0.3, 0.4) is 0 Å². The SMILES string of the molecule is COCOC(C)(C)/C=C\[C@H](O)[C@@H](C)[C@@H]1CC[C@H]2[C@@H](OC(=O)c3ccccc3)CCC[C@]12C. The molecule has 0 amide bonds. The Morgan fingerprint density at radius 1 is 1.25 bits per heavy atom. The van der Waals surface area contributed by atoms with Crippen LogP contribution in [0, 0.1) is 23.2 Å². The number of benzene rings is 1. The molecule has 0 unspecified atom stereocenters. The highest BCUT2D eigenvalue weighted by Crippen LogP contribution is 2.58. The number of hydrogen-bond acceptors (Lipinski definition) is 5. The van der Waals surface area contributed by atoms with Crippen LogP contribution in [0.25, 0.3) is 0 Å². The summed E-state index contributed by atoms with van der Waals surface area (Å²) in [6.45, 7) is 8.63. The van der Waals surface area contributed by atoms with Gasteiger partial charge in [-0.05, 0) is 75.3 Å². The van der Waals surface area contributed by atoms with E-state index in [4.69, 9.17) is 14.2 Å². The summed E-state index contributed by atoms with van der Waals surface area (Å²) >= 11 is 0. The van der Waals surface area contributed by atoms with Gasteiger partial charge in [0.15, 0.2) is 0 Å². The molecule has 3 rings (SSSR count). The highest BCUT2D eigenvalue weighted by Gasteiger charge is 2.54. The van der Waals surface area contributed by atoms with Crippen molar-refractivity contribution in [3.63, 3.8) is 0 Å². The fraction of sp³-hybridized carbons (Fsp3) is 0.667. The van der Waals surface area contributed by atoms with Gasteiger partial charge in [0.05, 0.1) is 17.3 Å². The first-order valence-corrected chi connectivity index (χ1v) is 11.9. The molecule has 32 heavy (non-hydrogen) atoms. The van der Waals surface area contributed by atoms with E-state index in [1.165, 1.54) is 0 Å². The normalized spacial score (nSPS) is 30.1. The first kappa shape index (κ1) is 24.9. The summed E-state index contributed by atoms with van der Waals surface area (Å²) in [5.74, 6) is 0.614. The van der Waals surface area contributed by atoms with Gasteiger partial charge in [-0.3, -0.25) is 0 Å². The van der Waals surface area contributed by atoms with Crippen LogP contribution in [-0.2, 0) is 14.2 Å². The molecule has 0 aromatic heterocycles. The summed E-state index contributed by atoms with van der Waals surface area (Å²) < 4.78 is 16.7. The zero-order valence-corrected chi connectivity index (χ0v) is 20.3. The fourth-order valence-corrected chi connectivity index (χ4v) is 5.95. The summed E-state index contributed by atoms with van der Waals surface area (Å²) in [4.78, 5) is 12.7. The van der Waals surface area contributed by atoms with Crippen molar-refractivity contribution in [2.24, 2.45) is 23.2 Å². The second-order valence-corrected chi connectivity index (χ2v) is 10.4. The van der Waals surface area contributed by atoms with E-state index in [0.29, 0.717) is 17.4 Å². The van der Waals surface area contributed by atoms with E-state index < -0.39 is 11.7 Å². The van der Waals surface area contributed by atoms with E-state index in [2.05, 4.69) is 13.8 Å². The molecule has 0 bridgehead atoms. The minimum Gasteiger partial charge on any atom is -0.458 e. The molecule has 2 fully saturated rings. The van der Waals surface area contributed by atoms with Crippen LogP contribution >= 0.6 is 0 Å². The number of fused-ring (bicyclic) bond motifs is 1. The van der Waals surface area contributed by atoms with Gasteiger partial charge in [-0.2, -0.15) is 0 Å². The van der Waals surface area contributed by atoms with E-state index in [-0.39, 0.29) is 30.2 Å². The van der Waals surface area contributed by atoms with Gasteiger partial charge in [-0.1, -0.05) is 44.2 Å². The number of ether oxygens (including phenoxy) is 3. The Bertz CT molecular complexity index is 774.